The zero-order valence-corrected chi connectivity index (χ0v) is 11.7. The van der Waals surface area contributed by atoms with Gasteiger partial charge in [0, 0.05) is 23.3 Å². The number of rotatable bonds is 3. The van der Waals surface area contributed by atoms with Gasteiger partial charge in [-0.1, -0.05) is 66.7 Å². The van der Waals surface area contributed by atoms with Crippen molar-refractivity contribution in [2.75, 3.05) is 0 Å². The molecule has 0 saturated carbocycles. The first-order chi connectivity index (χ1) is 10.4. The standard InChI is InChI=1S/C21H15/c1-4-10-17(11-5-1)20-16-21(20,18-12-6-2-7-13-18)19-14-8-3-9-15-19/h1-15H/q+1. The second-order valence-corrected chi connectivity index (χ2v) is 5.35. The summed E-state index contributed by atoms with van der Waals surface area (Å²) < 4.78 is 0. The summed E-state index contributed by atoms with van der Waals surface area (Å²) in [5.41, 5.74) is 4.93. The third-order valence-corrected chi connectivity index (χ3v) is 4.10. The Morgan fingerprint density at radius 2 is 0.952 bits per heavy atom. The Bertz CT molecular complexity index is 729. The zero-order chi connectivity index (χ0) is 14.1. The SMILES string of the molecule is [C+]1=C(c2ccccc2)C1(c1ccccc1)c1ccccc1. The molecule has 4 rings (SSSR count). The van der Waals surface area contributed by atoms with Gasteiger partial charge in [0.15, 0.2) is 0 Å². The lowest BCUT2D eigenvalue weighted by Crippen LogP contribution is -2.13. The molecule has 3 aromatic rings. The minimum absolute atomic E-state index is 0.177. The predicted octanol–water partition coefficient (Wildman–Crippen LogP) is 4.87. The van der Waals surface area contributed by atoms with Crippen molar-refractivity contribution < 1.29 is 0 Å². The van der Waals surface area contributed by atoms with Gasteiger partial charge < -0.3 is 0 Å². The normalized spacial score (nSPS) is 15.0. The fraction of sp³-hybridized carbons (Fsp3) is 0.0476. The molecule has 0 N–H and O–H groups in total. The van der Waals surface area contributed by atoms with Crippen LogP contribution in [0.15, 0.2) is 91.0 Å². The summed E-state index contributed by atoms with van der Waals surface area (Å²) in [6, 6.07) is 31.8. The van der Waals surface area contributed by atoms with E-state index >= 15 is 0 Å². The van der Waals surface area contributed by atoms with Crippen LogP contribution < -0.4 is 0 Å². The molecule has 0 amide bonds. The maximum Gasteiger partial charge on any atom is 0.229 e. The fourth-order valence-corrected chi connectivity index (χ4v) is 3.03. The smallest absolute Gasteiger partial charge is 0.0622 e. The van der Waals surface area contributed by atoms with Crippen LogP contribution in [-0.2, 0) is 5.41 Å². The van der Waals surface area contributed by atoms with E-state index in [2.05, 4.69) is 97.1 Å². The molecule has 0 nitrogen and oxygen atoms in total. The number of benzene rings is 3. The predicted molar refractivity (Wildman–Crippen MR) is 86.8 cm³/mol. The maximum absolute atomic E-state index is 3.65. The number of hydrogen-bond donors (Lipinski definition) is 0. The van der Waals surface area contributed by atoms with Crippen LogP contribution in [0.1, 0.15) is 16.7 Å². The molecule has 0 heterocycles. The van der Waals surface area contributed by atoms with E-state index in [0.29, 0.717) is 0 Å². The van der Waals surface area contributed by atoms with Crippen LogP contribution in [0.4, 0.5) is 0 Å². The van der Waals surface area contributed by atoms with Crippen LogP contribution in [0.2, 0.25) is 0 Å². The van der Waals surface area contributed by atoms with Gasteiger partial charge in [0.05, 0.1) is 6.08 Å². The highest BCUT2D eigenvalue weighted by Gasteiger charge is 2.61. The van der Waals surface area contributed by atoms with Crippen molar-refractivity contribution in [3.63, 3.8) is 0 Å². The molecule has 0 radical (unpaired) electrons. The molecule has 1 aliphatic carbocycles. The maximum atomic E-state index is 3.65. The van der Waals surface area contributed by atoms with E-state index in [1.54, 1.807) is 0 Å². The summed E-state index contributed by atoms with van der Waals surface area (Å²) in [5.74, 6) is 0. The fourth-order valence-electron chi connectivity index (χ4n) is 3.03. The van der Waals surface area contributed by atoms with E-state index in [-0.39, 0.29) is 5.41 Å². The molecule has 0 aliphatic heterocycles. The minimum Gasteiger partial charge on any atom is -0.0622 e. The van der Waals surface area contributed by atoms with E-state index in [0.717, 1.165) is 0 Å². The highest BCUT2D eigenvalue weighted by atomic mass is 14.5. The third kappa shape index (κ3) is 1.89. The molecule has 21 heavy (non-hydrogen) atoms. The van der Waals surface area contributed by atoms with Gasteiger partial charge in [-0.25, -0.2) is 0 Å². The highest BCUT2D eigenvalue weighted by Crippen LogP contribution is 2.55. The second kappa shape index (κ2) is 4.70. The van der Waals surface area contributed by atoms with Crippen LogP contribution in [0, 0.1) is 6.08 Å². The molecule has 0 saturated heterocycles. The first kappa shape index (κ1) is 12.1. The van der Waals surface area contributed by atoms with Crippen molar-refractivity contribution in [2.45, 2.75) is 5.41 Å². The Hall–Kier alpha value is -2.69. The first-order valence-electron chi connectivity index (χ1n) is 7.23. The van der Waals surface area contributed by atoms with Crippen LogP contribution in [0.25, 0.3) is 5.57 Å². The van der Waals surface area contributed by atoms with Gasteiger partial charge in [0.25, 0.3) is 0 Å². The van der Waals surface area contributed by atoms with Crippen molar-refractivity contribution in [2.24, 2.45) is 0 Å². The van der Waals surface area contributed by atoms with E-state index in [1.165, 1.54) is 22.3 Å². The highest BCUT2D eigenvalue weighted by molar-refractivity contribution is 5.92. The largest absolute Gasteiger partial charge is 0.229 e. The number of allylic oxidation sites excluding steroid dienone is 2. The zero-order valence-electron chi connectivity index (χ0n) is 11.7. The second-order valence-electron chi connectivity index (χ2n) is 5.35. The summed E-state index contributed by atoms with van der Waals surface area (Å²) >= 11 is 0. The Labute approximate surface area is 125 Å². The average Bonchev–Trinajstić information content (AvgIpc) is 3.34. The van der Waals surface area contributed by atoms with Gasteiger partial charge >= 0.3 is 0 Å². The van der Waals surface area contributed by atoms with Gasteiger partial charge in [0.1, 0.15) is 5.56 Å². The van der Waals surface area contributed by atoms with Gasteiger partial charge in [-0.3, -0.25) is 0 Å². The minimum atomic E-state index is -0.177. The van der Waals surface area contributed by atoms with Gasteiger partial charge in [-0.15, -0.1) is 0 Å². The van der Waals surface area contributed by atoms with Crippen LogP contribution in [-0.4, -0.2) is 0 Å². The Balaban J connectivity index is 1.84. The van der Waals surface area contributed by atoms with Crippen molar-refractivity contribution in [3.05, 3.63) is 114 Å². The van der Waals surface area contributed by atoms with Crippen molar-refractivity contribution in [1.82, 2.24) is 0 Å². The lowest BCUT2D eigenvalue weighted by molar-refractivity contribution is 0.929. The molecule has 0 fully saturated rings. The van der Waals surface area contributed by atoms with E-state index in [4.69, 9.17) is 0 Å². The molecule has 0 bridgehead atoms. The summed E-state index contributed by atoms with van der Waals surface area (Å²) in [6.45, 7) is 0. The molecule has 1 aliphatic rings. The summed E-state index contributed by atoms with van der Waals surface area (Å²) in [6.07, 6.45) is 3.65. The van der Waals surface area contributed by atoms with Crippen LogP contribution >= 0.6 is 0 Å². The molecular formula is C21H15+. The quantitative estimate of drug-likeness (QED) is 0.594. The average molecular weight is 267 g/mol. The molecule has 0 spiro atoms. The third-order valence-electron chi connectivity index (χ3n) is 4.10. The summed E-state index contributed by atoms with van der Waals surface area (Å²) in [5, 5.41) is 0. The summed E-state index contributed by atoms with van der Waals surface area (Å²) in [4.78, 5) is 0. The lowest BCUT2D eigenvalue weighted by Gasteiger charge is -2.11. The topological polar surface area (TPSA) is 0 Å². The van der Waals surface area contributed by atoms with Gasteiger partial charge in [-0.05, 0) is 12.1 Å². The van der Waals surface area contributed by atoms with E-state index in [9.17, 15) is 0 Å². The van der Waals surface area contributed by atoms with Crippen molar-refractivity contribution in [1.29, 1.82) is 0 Å². The lowest BCUT2D eigenvalue weighted by atomic mass is 9.82. The van der Waals surface area contributed by atoms with Gasteiger partial charge in [0.2, 0.25) is 11.0 Å². The molecule has 0 atom stereocenters. The molecule has 0 unspecified atom stereocenters. The molecule has 0 aromatic heterocycles. The van der Waals surface area contributed by atoms with E-state index in [1.807, 2.05) is 0 Å². The summed E-state index contributed by atoms with van der Waals surface area (Å²) in [7, 11) is 0. The van der Waals surface area contributed by atoms with Crippen molar-refractivity contribution in [3.8, 4) is 0 Å². The molecule has 3 aromatic carbocycles. The van der Waals surface area contributed by atoms with E-state index < -0.39 is 0 Å². The van der Waals surface area contributed by atoms with Crippen molar-refractivity contribution >= 4 is 5.57 Å². The van der Waals surface area contributed by atoms with Gasteiger partial charge in [-0.2, -0.15) is 0 Å². The monoisotopic (exact) mass is 267 g/mol. The molecular weight excluding hydrogens is 252 g/mol. The first-order valence-corrected chi connectivity index (χ1v) is 7.23. The van der Waals surface area contributed by atoms with Crippen LogP contribution in [0.5, 0.6) is 0 Å². The Morgan fingerprint density at radius 3 is 1.43 bits per heavy atom. The molecule has 98 valence electrons. The Kier molecular flexibility index (Phi) is 2.70. The van der Waals surface area contributed by atoms with Crippen LogP contribution in [0.3, 0.4) is 0 Å². The Morgan fingerprint density at radius 1 is 0.524 bits per heavy atom. The molecule has 0 heteroatoms. The number of hydrogen-bond acceptors (Lipinski definition) is 0.